The molecule has 19 heavy (non-hydrogen) atoms. The lowest BCUT2D eigenvalue weighted by Crippen LogP contribution is -2.51. The van der Waals surface area contributed by atoms with E-state index in [1.807, 2.05) is 6.92 Å². The molecule has 1 aromatic heterocycles. The molecule has 2 saturated heterocycles. The van der Waals surface area contributed by atoms with Gasteiger partial charge in [0.2, 0.25) is 11.0 Å². The molecule has 0 spiro atoms. The molecule has 1 atom stereocenters. The van der Waals surface area contributed by atoms with E-state index >= 15 is 0 Å². The van der Waals surface area contributed by atoms with Crippen LogP contribution in [0.3, 0.4) is 0 Å². The highest BCUT2D eigenvalue weighted by atomic mass is 32.1. The van der Waals surface area contributed by atoms with Gasteiger partial charge in [-0.05, 0) is 26.3 Å². The van der Waals surface area contributed by atoms with E-state index in [4.69, 9.17) is 0 Å². The molecule has 0 bridgehead atoms. The van der Waals surface area contributed by atoms with Gasteiger partial charge in [-0.1, -0.05) is 11.3 Å². The summed E-state index contributed by atoms with van der Waals surface area (Å²) >= 11 is 1.41. The summed E-state index contributed by atoms with van der Waals surface area (Å²) < 4.78 is 0. The number of hydrogen-bond acceptors (Lipinski definition) is 6. The summed E-state index contributed by atoms with van der Waals surface area (Å²) in [6.07, 6.45) is 2.57. The van der Waals surface area contributed by atoms with Crippen molar-refractivity contribution >= 4 is 22.4 Å². The van der Waals surface area contributed by atoms with Crippen molar-refractivity contribution in [2.24, 2.45) is 0 Å². The molecule has 104 valence electrons. The standard InChI is InChI=1S/C12H19N5OS/c1-9-14-15-12(19-9)13-11(18)8-16-5-6-17-4-2-3-10(17)7-16/h10H,2-8H2,1H3,(H,13,15,18). The van der Waals surface area contributed by atoms with E-state index in [0.717, 1.165) is 24.6 Å². The summed E-state index contributed by atoms with van der Waals surface area (Å²) in [4.78, 5) is 16.7. The summed E-state index contributed by atoms with van der Waals surface area (Å²) in [5.74, 6) is 0.0163. The number of amides is 1. The molecule has 1 amide bonds. The molecular weight excluding hydrogens is 262 g/mol. The van der Waals surface area contributed by atoms with Crippen molar-refractivity contribution in [3.05, 3.63) is 5.01 Å². The van der Waals surface area contributed by atoms with Crippen LogP contribution in [-0.4, -0.2) is 64.7 Å². The Morgan fingerprint density at radius 2 is 2.32 bits per heavy atom. The lowest BCUT2D eigenvalue weighted by atomic mass is 10.1. The maximum Gasteiger partial charge on any atom is 0.240 e. The Morgan fingerprint density at radius 1 is 1.42 bits per heavy atom. The van der Waals surface area contributed by atoms with Gasteiger partial charge in [-0.25, -0.2) is 0 Å². The van der Waals surface area contributed by atoms with E-state index < -0.39 is 0 Å². The molecule has 2 fully saturated rings. The maximum absolute atomic E-state index is 12.0. The Balaban J connectivity index is 1.49. The van der Waals surface area contributed by atoms with Crippen LogP contribution in [0.2, 0.25) is 0 Å². The zero-order valence-electron chi connectivity index (χ0n) is 11.1. The quantitative estimate of drug-likeness (QED) is 0.877. The topological polar surface area (TPSA) is 61.4 Å². The first-order valence-corrected chi connectivity index (χ1v) is 7.59. The SMILES string of the molecule is Cc1nnc(NC(=O)CN2CCN3CCCC3C2)s1. The number of nitrogens with one attached hydrogen (secondary N) is 1. The fourth-order valence-corrected chi connectivity index (χ4v) is 3.52. The summed E-state index contributed by atoms with van der Waals surface area (Å²) in [7, 11) is 0. The van der Waals surface area contributed by atoms with Crippen LogP contribution in [0.15, 0.2) is 0 Å². The minimum atomic E-state index is 0.0163. The van der Waals surface area contributed by atoms with Gasteiger partial charge in [-0.2, -0.15) is 0 Å². The number of carbonyl (C=O) groups excluding carboxylic acids is 1. The van der Waals surface area contributed by atoms with Crippen LogP contribution in [0, 0.1) is 6.92 Å². The number of hydrogen-bond donors (Lipinski definition) is 1. The normalized spacial score (nSPS) is 24.4. The summed E-state index contributed by atoms with van der Waals surface area (Å²) in [5.41, 5.74) is 0. The van der Waals surface area contributed by atoms with Crippen molar-refractivity contribution in [3.63, 3.8) is 0 Å². The monoisotopic (exact) mass is 281 g/mol. The number of fused-ring (bicyclic) bond motifs is 1. The molecule has 7 heteroatoms. The largest absolute Gasteiger partial charge is 0.299 e. The van der Waals surface area contributed by atoms with E-state index in [1.54, 1.807) is 0 Å². The van der Waals surface area contributed by atoms with Crippen LogP contribution in [0.1, 0.15) is 17.8 Å². The van der Waals surface area contributed by atoms with Crippen LogP contribution < -0.4 is 5.32 Å². The second-order valence-corrected chi connectivity index (χ2v) is 6.42. The molecule has 3 heterocycles. The lowest BCUT2D eigenvalue weighted by Gasteiger charge is -2.36. The van der Waals surface area contributed by atoms with Gasteiger partial charge in [-0.15, -0.1) is 10.2 Å². The van der Waals surface area contributed by atoms with Crippen LogP contribution >= 0.6 is 11.3 Å². The molecule has 2 aliphatic heterocycles. The molecule has 0 saturated carbocycles. The van der Waals surface area contributed by atoms with E-state index in [0.29, 0.717) is 17.7 Å². The van der Waals surface area contributed by atoms with Gasteiger partial charge in [-0.3, -0.25) is 19.9 Å². The number of rotatable bonds is 3. The molecule has 3 rings (SSSR count). The fraction of sp³-hybridized carbons (Fsp3) is 0.750. The zero-order valence-corrected chi connectivity index (χ0v) is 11.9. The Labute approximate surface area is 116 Å². The lowest BCUT2D eigenvalue weighted by molar-refractivity contribution is -0.117. The van der Waals surface area contributed by atoms with E-state index in [-0.39, 0.29) is 5.91 Å². The van der Waals surface area contributed by atoms with Crippen molar-refractivity contribution in [2.45, 2.75) is 25.8 Å². The minimum Gasteiger partial charge on any atom is -0.299 e. The number of aromatic nitrogens is 2. The summed E-state index contributed by atoms with van der Waals surface area (Å²) in [6.45, 7) is 6.67. The van der Waals surface area contributed by atoms with Gasteiger partial charge in [0.05, 0.1) is 6.54 Å². The molecule has 0 aromatic carbocycles. The molecule has 6 nitrogen and oxygen atoms in total. The van der Waals surface area contributed by atoms with Gasteiger partial charge in [0.1, 0.15) is 5.01 Å². The summed E-state index contributed by atoms with van der Waals surface area (Å²) in [6, 6.07) is 0.658. The molecule has 0 aliphatic carbocycles. The molecule has 2 aliphatic rings. The Kier molecular flexibility index (Phi) is 3.76. The van der Waals surface area contributed by atoms with Crippen LogP contribution in [0.4, 0.5) is 5.13 Å². The van der Waals surface area contributed by atoms with Gasteiger partial charge in [0, 0.05) is 25.7 Å². The van der Waals surface area contributed by atoms with E-state index in [1.165, 1.54) is 30.7 Å². The molecule has 0 radical (unpaired) electrons. The Morgan fingerprint density at radius 3 is 3.11 bits per heavy atom. The minimum absolute atomic E-state index is 0.0163. The van der Waals surface area contributed by atoms with Gasteiger partial charge in [0.25, 0.3) is 0 Å². The number of carbonyl (C=O) groups is 1. The van der Waals surface area contributed by atoms with E-state index in [2.05, 4.69) is 25.3 Å². The maximum atomic E-state index is 12.0. The highest BCUT2D eigenvalue weighted by Gasteiger charge is 2.31. The van der Waals surface area contributed by atoms with Crippen LogP contribution in [-0.2, 0) is 4.79 Å². The number of nitrogens with zero attached hydrogens (tertiary/aromatic N) is 4. The molecule has 1 aromatic rings. The number of anilines is 1. The van der Waals surface area contributed by atoms with Gasteiger partial charge in [0.15, 0.2) is 0 Å². The number of piperazine rings is 1. The smallest absolute Gasteiger partial charge is 0.240 e. The average molecular weight is 281 g/mol. The second-order valence-electron chi connectivity index (χ2n) is 5.24. The fourth-order valence-electron chi connectivity index (χ4n) is 2.91. The second kappa shape index (κ2) is 5.52. The van der Waals surface area contributed by atoms with Crippen molar-refractivity contribution < 1.29 is 4.79 Å². The van der Waals surface area contributed by atoms with Crippen molar-refractivity contribution in [3.8, 4) is 0 Å². The van der Waals surface area contributed by atoms with Crippen LogP contribution in [0.5, 0.6) is 0 Å². The predicted molar refractivity (Wildman–Crippen MR) is 74.3 cm³/mol. The van der Waals surface area contributed by atoms with Crippen LogP contribution in [0.25, 0.3) is 0 Å². The first-order chi connectivity index (χ1) is 9.20. The molecular formula is C12H19N5OS. The molecule has 1 N–H and O–H groups in total. The third kappa shape index (κ3) is 3.10. The van der Waals surface area contributed by atoms with Crippen molar-refractivity contribution in [2.75, 3.05) is 38.0 Å². The van der Waals surface area contributed by atoms with Crippen molar-refractivity contribution in [1.82, 2.24) is 20.0 Å². The Bertz CT molecular complexity index is 463. The zero-order chi connectivity index (χ0) is 13.2. The highest BCUT2D eigenvalue weighted by Crippen LogP contribution is 2.21. The first kappa shape index (κ1) is 13.0. The van der Waals surface area contributed by atoms with Gasteiger partial charge < -0.3 is 0 Å². The van der Waals surface area contributed by atoms with Crippen molar-refractivity contribution in [1.29, 1.82) is 0 Å². The first-order valence-electron chi connectivity index (χ1n) is 6.77. The Hall–Kier alpha value is -1.05. The third-order valence-electron chi connectivity index (χ3n) is 3.81. The van der Waals surface area contributed by atoms with E-state index in [9.17, 15) is 4.79 Å². The predicted octanol–water partition coefficient (Wildman–Crippen LogP) is 0.565. The molecule has 1 unspecified atom stereocenters. The summed E-state index contributed by atoms with van der Waals surface area (Å²) in [5, 5.41) is 12.1. The third-order valence-corrected chi connectivity index (χ3v) is 4.57. The number of aryl methyl sites for hydroxylation is 1. The highest BCUT2D eigenvalue weighted by molar-refractivity contribution is 7.15. The van der Waals surface area contributed by atoms with Gasteiger partial charge >= 0.3 is 0 Å². The average Bonchev–Trinajstić information content (AvgIpc) is 2.97.